The zero-order valence-electron chi connectivity index (χ0n) is 8.71. The summed E-state index contributed by atoms with van der Waals surface area (Å²) in [6.07, 6.45) is 3.34. The van der Waals surface area contributed by atoms with Crippen LogP contribution in [0.3, 0.4) is 0 Å². The SMILES string of the molecule is CCC(C)(CN)OC1CCOCC1. The van der Waals surface area contributed by atoms with Crippen LogP contribution in [-0.2, 0) is 9.47 Å². The van der Waals surface area contributed by atoms with Gasteiger partial charge < -0.3 is 15.2 Å². The van der Waals surface area contributed by atoms with Gasteiger partial charge in [-0.15, -0.1) is 0 Å². The van der Waals surface area contributed by atoms with E-state index in [4.69, 9.17) is 15.2 Å². The van der Waals surface area contributed by atoms with Gasteiger partial charge in [-0.25, -0.2) is 0 Å². The van der Waals surface area contributed by atoms with Crippen LogP contribution in [0.5, 0.6) is 0 Å². The normalized spacial score (nSPS) is 24.2. The Bertz CT molecular complexity index is 140. The van der Waals surface area contributed by atoms with Crippen LogP contribution in [0.2, 0.25) is 0 Å². The van der Waals surface area contributed by atoms with Crippen LogP contribution in [-0.4, -0.2) is 31.5 Å². The molecular weight excluding hydrogens is 166 g/mol. The van der Waals surface area contributed by atoms with E-state index in [1.807, 2.05) is 0 Å². The smallest absolute Gasteiger partial charge is 0.0777 e. The summed E-state index contributed by atoms with van der Waals surface area (Å²) < 4.78 is 11.2. The van der Waals surface area contributed by atoms with Crippen LogP contribution in [0, 0.1) is 0 Å². The summed E-state index contributed by atoms with van der Waals surface area (Å²) in [5, 5.41) is 0. The summed E-state index contributed by atoms with van der Waals surface area (Å²) in [7, 11) is 0. The topological polar surface area (TPSA) is 44.5 Å². The van der Waals surface area contributed by atoms with E-state index in [0.717, 1.165) is 32.5 Å². The molecule has 0 spiro atoms. The molecule has 0 saturated carbocycles. The van der Waals surface area contributed by atoms with E-state index in [1.54, 1.807) is 0 Å². The summed E-state index contributed by atoms with van der Waals surface area (Å²) in [4.78, 5) is 0. The predicted molar refractivity (Wildman–Crippen MR) is 52.7 cm³/mol. The molecule has 1 aliphatic rings. The zero-order chi connectivity index (χ0) is 9.73. The van der Waals surface area contributed by atoms with E-state index >= 15 is 0 Å². The van der Waals surface area contributed by atoms with E-state index < -0.39 is 0 Å². The first-order valence-corrected chi connectivity index (χ1v) is 5.16. The van der Waals surface area contributed by atoms with E-state index in [0.29, 0.717) is 12.6 Å². The average molecular weight is 187 g/mol. The number of rotatable bonds is 4. The Hall–Kier alpha value is -0.120. The van der Waals surface area contributed by atoms with Crippen LogP contribution in [0.1, 0.15) is 33.1 Å². The maximum absolute atomic E-state index is 5.97. The largest absolute Gasteiger partial charge is 0.381 e. The second kappa shape index (κ2) is 4.94. The van der Waals surface area contributed by atoms with Crippen molar-refractivity contribution in [2.45, 2.75) is 44.8 Å². The lowest BCUT2D eigenvalue weighted by atomic mass is 10.0. The van der Waals surface area contributed by atoms with Crippen molar-refractivity contribution in [3.8, 4) is 0 Å². The first kappa shape index (κ1) is 11.0. The lowest BCUT2D eigenvalue weighted by Gasteiger charge is -2.34. The molecule has 3 heteroatoms. The third kappa shape index (κ3) is 3.25. The molecule has 1 aliphatic heterocycles. The maximum atomic E-state index is 5.97. The van der Waals surface area contributed by atoms with Crippen LogP contribution in [0.25, 0.3) is 0 Å². The molecular formula is C10H21NO2. The van der Waals surface area contributed by atoms with Crippen molar-refractivity contribution < 1.29 is 9.47 Å². The first-order chi connectivity index (χ1) is 6.20. The molecule has 1 heterocycles. The van der Waals surface area contributed by atoms with E-state index in [9.17, 15) is 0 Å². The van der Waals surface area contributed by atoms with Crippen molar-refractivity contribution in [1.29, 1.82) is 0 Å². The first-order valence-electron chi connectivity index (χ1n) is 5.16. The minimum atomic E-state index is -0.137. The molecule has 1 fully saturated rings. The molecule has 0 aromatic carbocycles. The molecule has 13 heavy (non-hydrogen) atoms. The van der Waals surface area contributed by atoms with Gasteiger partial charge in [0, 0.05) is 19.8 Å². The van der Waals surface area contributed by atoms with Crippen molar-refractivity contribution >= 4 is 0 Å². The Morgan fingerprint density at radius 3 is 2.54 bits per heavy atom. The summed E-state index contributed by atoms with van der Waals surface area (Å²) in [6.45, 7) is 6.46. The Kier molecular flexibility index (Phi) is 4.16. The molecule has 0 amide bonds. The Morgan fingerprint density at radius 1 is 1.46 bits per heavy atom. The molecule has 0 radical (unpaired) electrons. The Labute approximate surface area is 80.6 Å². The highest BCUT2D eigenvalue weighted by molar-refractivity contribution is 4.77. The minimum absolute atomic E-state index is 0.137. The fourth-order valence-corrected chi connectivity index (χ4v) is 1.47. The Balaban J connectivity index is 2.35. The van der Waals surface area contributed by atoms with Crippen molar-refractivity contribution in [3.63, 3.8) is 0 Å². The minimum Gasteiger partial charge on any atom is -0.381 e. The monoisotopic (exact) mass is 187 g/mol. The Morgan fingerprint density at radius 2 is 2.08 bits per heavy atom. The van der Waals surface area contributed by atoms with Crippen LogP contribution < -0.4 is 5.73 Å². The van der Waals surface area contributed by atoms with Crippen LogP contribution in [0.4, 0.5) is 0 Å². The second-order valence-corrected chi connectivity index (χ2v) is 3.94. The lowest BCUT2D eigenvalue weighted by molar-refractivity contribution is -0.114. The van der Waals surface area contributed by atoms with E-state index in [-0.39, 0.29) is 5.60 Å². The lowest BCUT2D eigenvalue weighted by Crippen LogP contribution is -2.41. The molecule has 1 saturated heterocycles. The molecule has 0 aliphatic carbocycles. The van der Waals surface area contributed by atoms with Gasteiger partial charge in [0.1, 0.15) is 0 Å². The van der Waals surface area contributed by atoms with Gasteiger partial charge in [-0.1, -0.05) is 6.92 Å². The second-order valence-electron chi connectivity index (χ2n) is 3.94. The average Bonchev–Trinajstić information content (AvgIpc) is 2.19. The van der Waals surface area contributed by atoms with E-state index in [1.165, 1.54) is 0 Å². The third-order valence-electron chi connectivity index (χ3n) is 2.80. The van der Waals surface area contributed by atoms with Crippen molar-refractivity contribution in [2.24, 2.45) is 5.73 Å². The molecule has 78 valence electrons. The van der Waals surface area contributed by atoms with Crippen molar-refractivity contribution in [2.75, 3.05) is 19.8 Å². The predicted octanol–water partition coefficient (Wildman–Crippen LogP) is 1.31. The van der Waals surface area contributed by atoms with Gasteiger partial charge in [-0.05, 0) is 26.2 Å². The number of ether oxygens (including phenoxy) is 2. The highest BCUT2D eigenvalue weighted by atomic mass is 16.5. The van der Waals surface area contributed by atoms with Gasteiger partial charge in [-0.3, -0.25) is 0 Å². The molecule has 1 rings (SSSR count). The highest BCUT2D eigenvalue weighted by Gasteiger charge is 2.26. The molecule has 0 aromatic rings. The van der Waals surface area contributed by atoms with Gasteiger partial charge >= 0.3 is 0 Å². The molecule has 0 bridgehead atoms. The van der Waals surface area contributed by atoms with Crippen molar-refractivity contribution in [3.05, 3.63) is 0 Å². The van der Waals surface area contributed by atoms with Gasteiger partial charge in [0.15, 0.2) is 0 Å². The molecule has 0 aromatic heterocycles. The fourth-order valence-electron chi connectivity index (χ4n) is 1.47. The summed E-state index contributed by atoms with van der Waals surface area (Å²) >= 11 is 0. The molecule has 1 atom stereocenters. The standard InChI is InChI=1S/C10H21NO2/c1-3-10(2,8-11)13-9-4-6-12-7-5-9/h9H,3-8,11H2,1-2H3. The number of hydrogen-bond donors (Lipinski definition) is 1. The summed E-state index contributed by atoms with van der Waals surface area (Å²) in [5.41, 5.74) is 5.54. The molecule has 3 nitrogen and oxygen atoms in total. The van der Waals surface area contributed by atoms with Gasteiger partial charge in [0.05, 0.1) is 11.7 Å². The molecule has 1 unspecified atom stereocenters. The maximum Gasteiger partial charge on any atom is 0.0777 e. The van der Waals surface area contributed by atoms with Crippen molar-refractivity contribution in [1.82, 2.24) is 0 Å². The highest BCUT2D eigenvalue weighted by Crippen LogP contribution is 2.21. The number of nitrogens with two attached hydrogens (primary N) is 1. The van der Waals surface area contributed by atoms with E-state index in [2.05, 4.69) is 13.8 Å². The fraction of sp³-hybridized carbons (Fsp3) is 1.00. The third-order valence-corrected chi connectivity index (χ3v) is 2.80. The zero-order valence-corrected chi connectivity index (χ0v) is 8.71. The van der Waals surface area contributed by atoms with Crippen LogP contribution in [0.15, 0.2) is 0 Å². The number of hydrogen-bond acceptors (Lipinski definition) is 3. The summed E-state index contributed by atoms with van der Waals surface area (Å²) in [5.74, 6) is 0. The molecule has 2 N–H and O–H groups in total. The van der Waals surface area contributed by atoms with Gasteiger partial charge in [0.2, 0.25) is 0 Å². The quantitative estimate of drug-likeness (QED) is 0.721. The van der Waals surface area contributed by atoms with Crippen LogP contribution >= 0.6 is 0 Å². The van der Waals surface area contributed by atoms with Gasteiger partial charge in [-0.2, -0.15) is 0 Å². The summed E-state index contributed by atoms with van der Waals surface area (Å²) in [6, 6.07) is 0. The van der Waals surface area contributed by atoms with Gasteiger partial charge in [0.25, 0.3) is 0 Å².